The van der Waals surface area contributed by atoms with Crippen molar-refractivity contribution in [2.75, 3.05) is 29.9 Å². The molecule has 2 fully saturated rings. The Hall–Kier alpha value is -3.43. The molecule has 43 heavy (non-hydrogen) atoms. The van der Waals surface area contributed by atoms with Gasteiger partial charge in [0.05, 0.1) is 18.2 Å². The molecule has 0 spiro atoms. The zero-order valence-electron chi connectivity index (χ0n) is 25.9. The molecule has 5 N–H and O–H groups in total. The van der Waals surface area contributed by atoms with Crippen LogP contribution < -0.4 is 26.2 Å². The fourth-order valence-corrected chi connectivity index (χ4v) is 5.75. The van der Waals surface area contributed by atoms with Crippen molar-refractivity contribution in [3.63, 3.8) is 0 Å². The topological polar surface area (TPSA) is 123 Å². The monoisotopic (exact) mass is 591 g/mol. The van der Waals surface area contributed by atoms with Gasteiger partial charge in [0.15, 0.2) is 0 Å². The van der Waals surface area contributed by atoms with Crippen molar-refractivity contribution in [2.24, 2.45) is 5.92 Å². The van der Waals surface area contributed by atoms with E-state index in [2.05, 4.69) is 35.1 Å². The highest BCUT2D eigenvalue weighted by Crippen LogP contribution is 2.27. The molecular formula is C34H49N5O4. The summed E-state index contributed by atoms with van der Waals surface area (Å²) in [6.45, 7) is 7.51. The molecule has 4 rings (SSSR count). The van der Waals surface area contributed by atoms with E-state index in [1.807, 2.05) is 36.4 Å². The van der Waals surface area contributed by atoms with Crippen molar-refractivity contribution < 1.29 is 19.5 Å². The highest BCUT2D eigenvalue weighted by Gasteiger charge is 2.27. The molecule has 3 atom stereocenters. The summed E-state index contributed by atoms with van der Waals surface area (Å²) in [4.78, 5) is 40.8. The van der Waals surface area contributed by atoms with Crippen LogP contribution in [0.2, 0.25) is 0 Å². The number of carbonyl (C=O) groups is 3. The van der Waals surface area contributed by atoms with Gasteiger partial charge in [-0.1, -0.05) is 63.4 Å². The Bertz CT molecular complexity index is 1210. The van der Waals surface area contributed by atoms with Gasteiger partial charge < -0.3 is 31.3 Å². The summed E-state index contributed by atoms with van der Waals surface area (Å²) in [6.07, 6.45) is 6.27. The summed E-state index contributed by atoms with van der Waals surface area (Å²) in [7, 11) is 0. The zero-order valence-corrected chi connectivity index (χ0v) is 25.9. The molecule has 1 unspecified atom stereocenters. The number of amides is 3. The molecule has 234 valence electrons. The van der Waals surface area contributed by atoms with E-state index >= 15 is 0 Å². The number of nitrogens with zero attached hydrogens (tertiary/aromatic N) is 1. The van der Waals surface area contributed by atoms with E-state index in [1.165, 1.54) is 6.42 Å². The van der Waals surface area contributed by atoms with Crippen LogP contribution in [0, 0.1) is 5.92 Å². The van der Waals surface area contributed by atoms with E-state index < -0.39 is 18.2 Å². The van der Waals surface area contributed by atoms with Gasteiger partial charge in [-0.2, -0.15) is 0 Å². The number of nitrogens with one attached hydrogen (secondary N) is 4. The Labute approximate surface area is 256 Å². The van der Waals surface area contributed by atoms with Gasteiger partial charge in [-0.05, 0) is 62.3 Å². The maximum Gasteiger partial charge on any atom is 0.251 e. The van der Waals surface area contributed by atoms with Gasteiger partial charge in [0.2, 0.25) is 11.8 Å². The van der Waals surface area contributed by atoms with Crippen molar-refractivity contribution in [1.82, 2.24) is 16.0 Å². The number of aliphatic hydroxyl groups is 1. The largest absolute Gasteiger partial charge is 0.390 e. The van der Waals surface area contributed by atoms with E-state index in [0.29, 0.717) is 36.6 Å². The third-order valence-electron chi connectivity index (χ3n) is 8.34. The molecule has 0 aromatic heterocycles. The minimum atomic E-state index is -0.948. The summed E-state index contributed by atoms with van der Waals surface area (Å²) in [5.74, 6) is 0.0541. The van der Waals surface area contributed by atoms with E-state index in [0.717, 1.165) is 49.9 Å². The van der Waals surface area contributed by atoms with Gasteiger partial charge in [0.1, 0.15) is 0 Å². The molecular weight excluding hydrogens is 542 g/mol. The Morgan fingerprint density at radius 1 is 0.977 bits per heavy atom. The molecule has 1 aliphatic heterocycles. The lowest BCUT2D eigenvalue weighted by molar-refractivity contribution is -0.123. The number of aliphatic hydroxyl groups excluding tert-OH is 1. The van der Waals surface area contributed by atoms with E-state index in [-0.39, 0.29) is 30.3 Å². The first-order valence-electron chi connectivity index (χ1n) is 16.0. The molecule has 1 heterocycles. The highest BCUT2D eigenvalue weighted by atomic mass is 16.3. The van der Waals surface area contributed by atoms with E-state index in [1.54, 1.807) is 24.0 Å². The SMILES string of the molecule is CC(C)CNc1cc(C(=O)NC(Cc2ccccc2)[C@H](O)CN[C@@H](C)C(=O)NC2CCCCC2)cc(N2CCCC2=O)c1. The number of hydrogen-bond acceptors (Lipinski definition) is 6. The minimum Gasteiger partial charge on any atom is -0.390 e. The summed E-state index contributed by atoms with van der Waals surface area (Å²) in [6, 6.07) is 14.3. The number of carbonyl (C=O) groups excluding carboxylic acids is 3. The van der Waals surface area contributed by atoms with Gasteiger partial charge in [-0.25, -0.2) is 0 Å². The van der Waals surface area contributed by atoms with Crippen molar-refractivity contribution in [3.8, 4) is 0 Å². The molecule has 2 aliphatic rings. The normalized spacial score (nSPS) is 17.9. The molecule has 0 radical (unpaired) electrons. The summed E-state index contributed by atoms with van der Waals surface area (Å²) < 4.78 is 0. The molecule has 9 heteroatoms. The molecule has 2 aromatic rings. The van der Waals surface area contributed by atoms with E-state index in [9.17, 15) is 19.5 Å². The van der Waals surface area contributed by atoms with Crippen LogP contribution in [0.15, 0.2) is 48.5 Å². The second-order valence-corrected chi connectivity index (χ2v) is 12.5. The number of benzene rings is 2. The Morgan fingerprint density at radius 3 is 2.40 bits per heavy atom. The lowest BCUT2D eigenvalue weighted by atomic mass is 9.95. The lowest BCUT2D eigenvalue weighted by Gasteiger charge is -2.28. The molecule has 1 aliphatic carbocycles. The smallest absolute Gasteiger partial charge is 0.251 e. The zero-order chi connectivity index (χ0) is 30.8. The van der Waals surface area contributed by atoms with Crippen LogP contribution in [0.4, 0.5) is 11.4 Å². The first kappa shape index (κ1) is 32.5. The number of rotatable bonds is 14. The third-order valence-corrected chi connectivity index (χ3v) is 8.34. The fourth-order valence-electron chi connectivity index (χ4n) is 5.75. The molecule has 0 bridgehead atoms. The predicted molar refractivity (Wildman–Crippen MR) is 171 cm³/mol. The van der Waals surface area contributed by atoms with Crippen molar-refractivity contribution >= 4 is 29.1 Å². The fraction of sp³-hybridized carbons (Fsp3) is 0.559. The van der Waals surface area contributed by atoms with Gasteiger partial charge in [-0.3, -0.25) is 14.4 Å². The molecule has 9 nitrogen and oxygen atoms in total. The third kappa shape index (κ3) is 9.79. The lowest BCUT2D eigenvalue weighted by Crippen LogP contribution is -2.53. The first-order valence-corrected chi connectivity index (χ1v) is 16.0. The van der Waals surface area contributed by atoms with Crippen LogP contribution in [0.1, 0.15) is 81.6 Å². The average Bonchev–Trinajstić information content (AvgIpc) is 3.44. The van der Waals surface area contributed by atoms with Gasteiger partial charge in [0.25, 0.3) is 5.91 Å². The number of hydrogen-bond donors (Lipinski definition) is 5. The second-order valence-electron chi connectivity index (χ2n) is 12.5. The maximum atomic E-state index is 13.7. The summed E-state index contributed by atoms with van der Waals surface area (Å²) in [5.41, 5.74) is 2.87. The van der Waals surface area contributed by atoms with E-state index in [4.69, 9.17) is 0 Å². The van der Waals surface area contributed by atoms with Crippen molar-refractivity contribution in [2.45, 2.75) is 96.4 Å². The van der Waals surface area contributed by atoms with Crippen LogP contribution in [-0.2, 0) is 16.0 Å². The summed E-state index contributed by atoms with van der Waals surface area (Å²) >= 11 is 0. The molecule has 1 saturated heterocycles. The quantitative estimate of drug-likeness (QED) is 0.226. The van der Waals surface area contributed by atoms with Crippen LogP contribution in [0.25, 0.3) is 0 Å². The van der Waals surface area contributed by atoms with Gasteiger partial charge >= 0.3 is 0 Å². The van der Waals surface area contributed by atoms with Crippen LogP contribution in [-0.4, -0.2) is 66.7 Å². The molecule has 1 saturated carbocycles. The summed E-state index contributed by atoms with van der Waals surface area (Å²) in [5, 5.41) is 24.1. The maximum absolute atomic E-state index is 13.7. The first-order chi connectivity index (χ1) is 20.7. The average molecular weight is 592 g/mol. The molecule has 2 aromatic carbocycles. The number of anilines is 2. The predicted octanol–water partition coefficient (Wildman–Crippen LogP) is 4.01. The van der Waals surface area contributed by atoms with Gasteiger partial charge in [0, 0.05) is 49.0 Å². The van der Waals surface area contributed by atoms with Crippen molar-refractivity contribution in [1.29, 1.82) is 0 Å². The Kier molecular flexibility index (Phi) is 12.0. The van der Waals surface area contributed by atoms with Gasteiger partial charge in [-0.15, -0.1) is 0 Å². The highest BCUT2D eigenvalue weighted by molar-refractivity contribution is 6.00. The minimum absolute atomic E-state index is 0.0532. The van der Waals surface area contributed by atoms with Crippen molar-refractivity contribution in [3.05, 3.63) is 59.7 Å². The van der Waals surface area contributed by atoms with Crippen LogP contribution >= 0.6 is 0 Å². The van der Waals surface area contributed by atoms with Crippen LogP contribution in [0.5, 0.6) is 0 Å². The molecule has 3 amide bonds. The second kappa shape index (κ2) is 15.9. The van der Waals surface area contributed by atoms with Crippen LogP contribution in [0.3, 0.4) is 0 Å². The Balaban J connectivity index is 1.47. The Morgan fingerprint density at radius 2 is 1.72 bits per heavy atom. The standard InChI is InChI=1S/C34H49N5O4/c1-23(2)21-36-28-18-26(19-29(20-28)39-16-10-15-32(39)41)34(43)38-30(17-25-11-6-4-7-12-25)31(40)22-35-24(3)33(42)37-27-13-8-5-9-14-27/h4,6-7,11-12,18-20,23-24,27,30-31,35-36,40H,5,8-10,13-17,21-22H2,1-3H3,(H,37,42)(H,38,43)/t24-,30?,31+/m0/s1.